The number of allylic oxidation sites excluding steroid dienone is 1. The molecule has 0 bridgehead atoms. The van der Waals surface area contributed by atoms with Crippen LogP contribution in [0.15, 0.2) is 255 Å². The lowest BCUT2D eigenvalue weighted by molar-refractivity contribution is 1.00. The Hall–Kier alpha value is -9.04. The topological polar surface area (TPSA) is 3.24 Å². The van der Waals surface area contributed by atoms with Gasteiger partial charge in [-0.3, -0.25) is 0 Å². The summed E-state index contributed by atoms with van der Waals surface area (Å²) >= 11 is 0. The normalized spacial score (nSPS) is 12.3. The summed E-state index contributed by atoms with van der Waals surface area (Å²) in [5.74, 6) is 0. The van der Waals surface area contributed by atoms with E-state index in [-0.39, 0.29) is 0 Å². The molecule has 0 atom stereocenters. The third-order valence-electron chi connectivity index (χ3n) is 15.0. The molecule has 0 N–H and O–H groups in total. The van der Waals surface area contributed by atoms with Gasteiger partial charge in [0, 0.05) is 16.5 Å². The highest BCUT2D eigenvalue weighted by Crippen LogP contribution is 2.51. The minimum Gasteiger partial charge on any atom is -0.309 e. The van der Waals surface area contributed by atoms with Crippen LogP contribution in [0.2, 0.25) is 0 Å². The van der Waals surface area contributed by atoms with Crippen LogP contribution in [0.4, 0.5) is 17.1 Å². The van der Waals surface area contributed by atoms with Gasteiger partial charge in [-0.15, -0.1) is 0 Å². The van der Waals surface area contributed by atoms with Crippen LogP contribution >= 0.6 is 0 Å². The summed E-state index contributed by atoms with van der Waals surface area (Å²) in [6.45, 7) is 0. The van der Waals surface area contributed by atoms with Crippen molar-refractivity contribution in [2.75, 3.05) is 4.90 Å². The average molecular weight is 902 g/mol. The first-order chi connectivity index (χ1) is 35.2. The van der Waals surface area contributed by atoms with Crippen LogP contribution in [0.5, 0.6) is 0 Å². The molecule has 1 heteroatoms. The summed E-state index contributed by atoms with van der Waals surface area (Å²) in [5, 5.41) is 15.1. The lowest BCUT2D eigenvalue weighted by Gasteiger charge is -2.29. The van der Waals surface area contributed by atoms with E-state index in [0.29, 0.717) is 0 Å². The van der Waals surface area contributed by atoms with Crippen molar-refractivity contribution in [3.63, 3.8) is 0 Å². The molecule has 1 aliphatic carbocycles. The van der Waals surface area contributed by atoms with Crippen LogP contribution in [-0.2, 0) is 6.42 Å². The Morgan fingerprint density at radius 2 is 0.803 bits per heavy atom. The van der Waals surface area contributed by atoms with Crippen LogP contribution in [0, 0.1) is 0 Å². The Morgan fingerprint density at radius 3 is 1.39 bits per heavy atom. The van der Waals surface area contributed by atoms with Gasteiger partial charge in [-0.1, -0.05) is 224 Å². The van der Waals surface area contributed by atoms with Crippen LogP contribution in [0.25, 0.3) is 115 Å². The minimum absolute atomic E-state index is 0.985. The van der Waals surface area contributed by atoms with Gasteiger partial charge in [-0.2, -0.15) is 0 Å². The number of hydrogen-bond acceptors (Lipinski definition) is 1. The van der Waals surface area contributed by atoms with E-state index in [4.69, 9.17) is 0 Å². The largest absolute Gasteiger partial charge is 0.309 e. The van der Waals surface area contributed by atoms with E-state index in [9.17, 15) is 0 Å². The summed E-state index contributed by atoms with van der Waals surface area (Å²) < 4.78 is 0. The van der Waals surface area contributed by atoms with E-state index in [1.165, 1.54) is 120 Å². The molecule has 0 spiro atoms. The SMILES string of the molecule is C1=Cc2c(c3c(-c4ccccc4)cc(-c4ccccc4)c(-c4ccccc4)c3c3ccc(-c4ccc(N(c5cc6ccccc6c6ccccc56)c5cc6ccccc6c6ccccc56)cc4)cc23)CC1. The molecule has 13 aromatic rings. The van der Waals surface area contributed by atoms with E-state index in [1.54, 1.807) is 0 Å². The third-order valence-corrected chi connectivity index (χ3v) is 15.0. The van der Waals surface area contributed by atoms with Crippen LogP contribution < -0.4 is 4.90 Å². The van der Waals surface area contributed by atoms with Gasteiger partial charge in [0.1, 0.15) is 0 Å². The maximum absolute atomic E-state index is 2.50. The first kappa shape index (κ1) is 41.0. The maximum atomic E-state index is 2.50. The molecule has 1 aliphatic rings. The van der Waals surface area contributed by atoms with E-state index in [2.05, 4.69) is 266 Å². The first-order valence-electron chi connectivity index (χ1n) is 24.9. The van der Waals surface area contributed by atoms with Crippen molar-refractivity contribution in [1.29, 1.82) is 0 Å². The highest BCUT2D eigenvalue weighted by Gasteiger charge is 2.25. The summed E-state index contributed by atoms with van der Waals surface area (Å²) in [5.41, 5.74) is 16.1. The second-order valence-electron chi connectivity index (χ2n) is 19.0. The lowest BCUT2D eigenvalue weighted by Crippen LogP contribution is -2.11. The Kier molecular flexibility index (Phi) is 9.74. The Bertz CT molecular complexity index is 4130. The second kappa shape index (κ2) is 16.9. The molecule has 0 aliphatic heterocycles. The van der Waals surface area contributed by atoms with Crippen molar-refractivity contribution in [3.05, 3.63) is 266 Å². The zero-order valence-corrected chi connectivity index (χ0v) is 39.2. The number of rotatable bonds is 7. The van der Waals surface area contributed by atoms with Crippen molar-refractivity contribution in [2.24, 2.45) is 0 Å². The number of aryl methyl sites for hydroxylation is 1. The Morgan fingerprint density at radius 1 is 0.310 bits per heavy atom. The van der Waals surface area contributed by atoms with E-state index in [1.807, 2.05) is 0 Å². The van der Waals surface area contributed by atoms with Crippen molar-refractivity contribution < 1.29 is 0 Å². The van der Waals surface area contributed by atoms with E-state index >= 15 is 0 Å². The van der Waals surface area contributed by atoms with Crippen molar-refractivity contribution in [3.8, 4) is 44.5 Å². The summed E-state index contributed by atoms with van der Waals surface area (Å²) in [4.78, 5) is 2.50. The predicted molar refractivity (Wildman–Crippen MR) is 305 cm³/mol. The lowest BCUT2D eigenvalue weighted by atomic mass is 9.78. The summed E-state index contributed by atoms with van der Waals surface area (Å²) in [6.07, 6.45) is 6.77. The third kappa shape index (κ3) is 6.77. The molecule has 0 saturated heterocycles. The molecule has 13 aromatic carbocycles. The number of nitrogens with zero attached hydrogens (tertiary/aromatic N) is 1. The van der Waals surface area contributed by atoms with Gasteiger partial charge in [-0.05, 0) is 159 Å². The highest BCUT2D eigenvalue weighted by molar-refractivity contribution is 6.25. The number of fused-ring (bicyclic) bond motifs is 12. The van der Waals surface area contributed by atoms with Gasteiger partial charge in [0.25, 0.3) is 0 Å². The van der Waals surface area contributed by atoms with Crippen LogP contribution in [0.1, 0.15) is 17.5 Å². The monoisotopic (exact) mass is 901 g/mol. The molecule has 332 valence electrons. The molecule has 0 radical (unpaired) electrons. The molecule has 0 saturated carbocycles. The molecular formula is C70H47N. The number of anilines is 3. The molecule has 1 nitrogen and oxygen atoms in total. The fourth-order valence-corrected chi connectivity index (χ4v) is 11.9. The fourth-order valence-electron chi connectivity index (χ4n) is 11.9. The molecule has 71 heavy (non-hydrogen) atoms. The quantitative estimate of drug-likeness (QED) is 0.144. The molecule has 0 aromatic heterocycles. The van der Waals surface area contributed by atoms with Crippen LogP contribution in [0.3, 0.4) is 0 Å². The summed E-state index contributed by atoms with van der Waals surface area (Å²) in [7, 11) is 0. The van der Waals surface area contributed by atoms with Gasteiger partial charge in [-0.25, -0.2) is 0 Å². The van der Waals surface area contributed by atoms with E-state index in [0.717, 1.165) is 29.9 Å². The predicted octanol–water partition coefficient (Wildman–Crippen LogP) is 19.7. The smallest absolute Gasteiger partial charge is 0.0546 e. The summed E-state index contributed by atoms with van der Waals surface area (Å²) in [6, 6.07) is 92.2. The van der Waals surface area contributed by atoms with Gasteiger partial charge in [0.15, 0.2) is 0 Å². The maximum Gasteiger partial charge on any atom is 0.0546 e. The van der Waals surface area contributed by atoms with Gasteiger partial charge >= 0.3 is 0 Å². The van der Waals surface area contributed by atoms with Crippen molar-refractivity contribution in [1.82, 2.24) is 0 Å². The van der Waals surface area contributed by atoms with Crippen LogP contribution in [-0.4, -0.2) is 0 Å². The van der Waals surface area contributed by atoms with Gasteiger partial charge < -0.3 is 4.90 Å². The van der Waals surface area contributed by atoms with E-state index < -0.39 is 0 Å². The highest BCUT2D eigenvalue weighted by atomic mass is 15.1. The molecule has 0 unspecified atom stereocenters. The Labute approximate surface area is 413 Å². The molecule has 0 fully saturated rings. The van der Waals surface area contributed by atoms with Gasteiger partial charge in [0.05, 0.1) is 11.4 Å². The van der Waals surface area contributed by atoms with Gasteiger partial charge in [0.2, 0.25) is 0 Å². The molecular weight excluding hydrogens is 855 g/mol. The zero-order chi connectivity index (χ0) is 46.8. The number of hydrogen-bond donors (Lipinski definition) is 0. The molecule has 0 amide bonds. The minimum atomic E-state index is 0.985. The fraction of sp³-hybridized carbons (Fsp3) is 0.0286. The zero-order valence-electron chi connectivity index (χ0n) is 39.2. The molecule has 0 heterocycles. The average Bonchev–Trinajstić information content (AvgIpc) is 3.45. The standard InChI is InChI=1S/C70H47N/c1-4-20-47(21-5-1)63-45-64(48-22-6-2-7-23-48)69-61-35-19-16-32-58(61)65-42-50(38-41-62(65)70(69)68(63)49-24-8-3-9-25-49)46-36-39-53(40-37-46)71(66-43-51-26-10-12-28-54(51)56-30-14-17-33-59(56)66)67-44-52-27-11-13-29-55(52)57-31-15-18-34-60(57)67/h1-18,20-34,36-45H,19,35H2. The molecule has 14 rings (SSSR count). The van der Waals surface area contributed by atoms with Crippen molar-refractivity contribution in [2.45, 2.75) is 12.8 Å². The first-order valence-corrected chi connectivity index (χ1v) is 24.9. The second-order valence-corrected chi connectivity index (χ2v) is 19.0. The Balaban J connectivity index is 1.00. The number of benzene rings is 13. The van der Waals surface area contributed by atoms with Crippen molar-refractivity contribution >= 4 is 87.8 Å².